The van der Waals surface area contributed by atoms with Gasteiger partial charge in [0.2, 0.25) is 0 Å². The fraction of sp³-hybridized carbons (Fsp3) is 0.438. The molecule has 1 N–H and O–H groups in total. The first kappa shape index (κ1) is 14.5. The Morgan fingerprint density at radius 3 is 2.50 bits per heavy atom. The Morgan fingerprint density at radius 2 is 1.89 bits per heavy atom. The fourth-order valence-corrected chi connectivity index (χ4v) is 1.41. The summed E-state index contributed by atoms with van der Waals surface area (Å²) in [5, 5.41) is 3.13. The van der Waals surface area contributed by atoms with Crippen LogP contribution in [0.5, 0.6) is 0 Å². The monoisotopic (exact) mass is 243 g/mol. The minimum atomic E-state index is -0.0300. The number of benzene rings is 1. The molecule has 96 valence electrons. The number of carbonyl (C=O) groups is 1. The summed E-state index contributed by atoms with van der Waals surface area (Å²) in [6, 6.07) is 10.0. The van der Waals surface area contributed by atoms with Crippen LogP contribution in [0.15, 0.2) is 30.3 Å². The van der Waals surface area contributed by atoms with Gasteiger partial charge in [0.25, 0.3) is 0 Å². The maximum atomic E-state index is 11.6. The van der Waals surface area contributed by atoms with Crippen LogP contribution >= 0.6 is 0 Å². The molecule has 0 saturated heterocycles. The Bertz CT molecular complexity index is 432. The molecule has 2 nitrogen and oxygen atoms in total. The van der Waals surface area contributed by atoms with Crippen molar-refractivity contribution in [3.05, 3.63) is 35.9 Å². The number of ketones is 1. The van der Waals surface area contributed by atoms with Crippen molar-refractivity contribution in [3.8, 4) is 11.8 Å². The van der Waals surface area contributed by atoms with E-state index in [1.165, 1.54) is 5.56 Å². The first-order valence-electron chi connectivity index (χ1n) is 6.24. The van der Waals surface area contributed by atoms with Gasteiger partial charge in [0.15, 0.2) is 5.78 Å². The van der Waals surface area contributed by atoms with Gasteiger partial charge in [0.1, 0.15) is 0 Å². The van der Waals surface area contributed by atoms with Gasteiger partial charge in [0, 0.05) is 12.0 Å². The van der Waals surface area contributed by atoms with Crippen molar-refractivity contribution >= 4 is 5.78 Å². The van der Waals surface area contributed by atoms with E-state index in [2.05, 4.69) is 17.2 Å². The van der Waals surface area contributed by atoms with Gasteiger partial charge in [-0.2, -0.15) is 0 Å². The van der Waals surface area contributed by atoms with Crippen LogP contribution in [0.25, 0.3) is 0 Å². The molecule has 0 aliphatic carbocycles. The van der Waals surface area contributed by atoms with Gasteiger partial charge in [-0.05, 0) is 26.3 Å². The smallest absolute Gasteiger partial charge is 0.158 e. The average molecular weight is 243 g/mol. The highest BCUT2D eigenvalue weighted by Gasteiger charge is 2.04. The zero-order valence-electron chi connectivity index (χ0n) is 11.4. The summed E-state index contributed by atoms with van der Waals surface area (Å²) in [6.45, 7) is 7.22. The van der Waals surface area contributed by atoms with Crippen LogP contribution in [0.3, 0.4) is 0 Å². The second-order valence-electron chi connectivity index (χ2n) is 5.36. The Balaban J connectivity index is 2.23. The number of hydrogen-bond acceptors (Lipinski definition) is 2. The van der Waals surface area contributed by atoms with Crippen molar-refractivity contribution in [2.75, 3.05) is 6.54 Å². The molecule has 1 rings (SSSR count). The lowest BCUT2D eigenvalue weighted by Gasteiger charge is -2.06. The van der Waals surface area contributed by atoms with E-state index in [1.807, 2.05) is 51.1 Å². The molecule has 0 atom stereocenters. The van der Waals surface area contributed by atoms with E-state index in [9.17, 15) is 4.79 Å². The highest BCUT2D eigenvalue weighted by Crippen LogP contribution is 2.09. The van der Waals surface area contributed by atoms with Crippen LogP contribution in [0.2, 0.25) is 0 Å². The Kier molecular flexibility index (Phi) is 5.61. The summed E-state index contributed by atoms with van der Waals surface area (Å²) in [5.41, 5.74) is 1.16. The molecule has 0 spiro atoms. The summed E-state index contributed by atoms with van der Waals surface area (Å²) < 4.78 is 0. The van der Waals surface area contributed by atoms with Crippen molar-refractivity contribution < 1.29 is 4.79 Å². The molecule has 0 aliphatic rings. The maximum absolute atomic E-state index is 11.6. The van der Waals surface area contributed by atoms with Gasteiger partial charge in [0.05, 0.1) is 13.0 Å². The average Bonchev–Trinajstić information content (AvgIpc) is 2.28. The molecular weight excluding hydrogens is 222 g/mol. The SMILES string of the molecule is CC(C)(C)C#CCC(=O)CNCc1ccccc1. The van der Waals surface area contributed by atoms with E-state index >= 15 is 0 Å². The van der Waals surface area contributed by atoms with Crippen molar-refractivity contribution in [3.63, 3.8) is 0 Å². The molecule has 0 bridgehead atoms. The van der Waals surface area contributed by atoms with Crippen molar-refractivity contribution in [1.82, 2.24) is 5.32 Å². The molecule has 0 amide bonds. The van der Waals surface area contributed by atoms with E-state index in [0.717, 1.165) is 6.54 Å². The van der Waals surface area contributed by atoms with Crippen LogP contribution in [-0.4, -0.2) is 12.3 Å². The molecule has 0 saturated carbocycles. The minimum Gasteiger partial charge on any atom is -0.306 e. The summed E-state index contributed by atoms with van der Waals surface area (Å²) in [6.07, 6.45) is 0.332. The summed E-state index contributed by atoms with van der Waals surface area (Å²) in [4.78, 5) is 11.6. The molecule has 0 radical (unpaired) electrons. The summed E-state index contributed by atoms with van der Waals surface area (Å²) in [5.74, 6) is 6.14. The molecule has 0 heterocycles. The first-order valence-corrected chi connectivity index (χ1v) is 6.24. The minimum absolute atomic E-state index is 0.0300. The maximum Gasteiger partial charge on any atom is 0.158 e. The summed E-state index contributed by atoms with van der Waals surface area (Å²) in [7, 11) is 0. The molecule has 0 fully saturated rings. The van der Waals surface area contributed by atoms with E-state index < -0.39 is 0 Å². The quantitative estimate of drug-likeness (QED) is 0.806. The number of hydrogen-bond donors (Lipinski definition) is 1. The van der Waals surface area contributed by atoms with Crippen LogP contribution in [0.4, 0.5) is 0 Å². The number of Topliss-reactive ketones (excluding diaryl/α,β-unsaturated/α-hetero) is 1. The van der Waals surface area contributed by atoms with Crippen molar-refractivity contribution in [1.29, 1.82) is 0 Å². The van der Waals surface area contributed by atoms with Crippen LogP contribution in [-0.2, 0) is 11.3 Å². The number of carbonyl (C=O) groups excluding carboxylic acids is 1. The zero-order valence-corrected chi connectivity index (χ0v) is 11.4. The molecule has 0 aliphatic heterocycles. The van der Waals surface area contributed by atoms with E-state index in [1.54, 1.807) is 0 Å². The van der Waals surface area contributed by atoms with E-state index in [-0.39, 0.29) is 11.2 Å². The summed E-state index contributed by atoms with van der Waals surface area (Å²) >= 11 is 0. The molecule has 0 unspecified atom stereocenters. The molecule has 18 heavy (non-hydrogen) atoms. The van der Waals surface area contributed by atoms with Crippen LogP contribution in [0.1, 0.15) is 32.8 Å². The largest absolute Gasteiger partial charge is 0.306 e. The zero-order chi connectivity index (χ0) is 13.4. The van der Waals surface area contributed by atoms with Gasteiger partial charge in [-0.15, -0.1) is 0 Å². The van der Waals surface area contributed by atoms with Gasteiger partial charge in [-0.25, -0.2) is 0 Å². The second kappa shape index (κ2) is 6.98. The van der Waals surface area contributed by atoms with Crippen molar-refractivity contribution in [2.45, 2.75) is 33.7 Å². The number of rotatable bonds is 5. The second-order valence-corrected chi connectivity index (χ2v) is 5.36. The predicted molar refractivity (Wildman–Crippen MR) is 75.0 cm³/mol. The molecule has 1 aromatic carbocycles. The van der Waals surface area contributed by atoms with Crippen LogP contribution in [0, 0.1) is 17.3 Å². The fourth-order valence-electron chi connectivity index (χ4n) is 1.41. The topological polar surface area (TPSA) is 29.1 Å². The predicted octanol–water partition coefficient (Wildman–Crippen LogP) is 2.78. The molecule has 0 aromatic heterocycles. The van der Waals surface area contributed by atoms with Gasteiger partial charge < -0.3 is 5.32 Å². The lowest BCUT2D eigenvalue weighted by molar-refractivity contribution is -0.117. The molecule has 2 heteroatoms. The van der Waals surface area contributed by atoms with Gasteiger partial charge in [-0.1, -0.05) is 42.2 Å². The highest BCUT2D eigenvalue weighted by molar-refractivity contribution is 5.82. The van der Waals surface area contributed by atoms with Gasteiger partial charge >= 0.3 is 0 Å². The Morgan fingerprint density at radius 1 is 1.22 bits per heavy atom. The third kappa shape index (κ3) is 6.88. The normalized spacial score (nSPS) is 10.6. The van der Waals surface area contributed by atoms with Crippen molar-refractivity contribution in [2.24, 2.45) is 5.41 Å². The number of nitrogens with one attached hydrogen (secondary N) is 1. The Labute approximate surface area is 110 Å². The Hall–Kier alpha value is -1.59. The molecule has 1 aromatic rings. The molecular formula is C16H21NO. The van der Waals surface area contributed by atoms with Gasteiger partial charge in [-0.3, -0.25) is 4.79 Å². The first-order chi connectivity index (χ1) is 8.47. The van der Waals surface area contributed by atoms with Crippen LogP contribution < -0.4 is 5.32 Å². The lowest BCUT2D eigenvalue weighted by Crippen LogP contribution is -2.22. The highest BCUT2D eigenvalue weighted by atomic mass is 16.1. The van der Waals surface area contributed by atoms with E-state index in [0.29, 0.717) is 13.0 Å². The van der Waals surface area contributed by atoms with E-state index in [4.69, 9.17) is 0 Å². The lowest BCUT2D eigenvalue weighted by atomic mass is 9.98. The standard InChI is InChI=1S/C16H21NO/c1-16(2,3)11-7-10-15(18)13-17-12-14-8-5-4-6-9-14/h4-6,8-9,17H,10,12-13H2,1-3H3. The third-order valence-electron chi connectivity index (χ3n) is 2.24. The third-order valence-corrected chi connectivity index (χ3v) is 2.24.